The molecule has 18 atom stereocenters. The van der Waals surface area contributed by atoms with Crippen LogP contribution in [-0.2, 0) is 13.6 Å². The molecule has 9 unspecified atom stereocenters. The fourth-order valence-corrected chi connectivity index (χ4v) is 22.5. The van der Waals surface area contributed by atoms with Crippen molar-refractivity contribution in [3.8, 4) is 0 Å². The van der Waals surface area contributed by atoms with Crippen molar-refractivity contribution < 1.29 is 13.6 Å². The number of hydrogen-bond acceptors (Lipinski definition) is 3. The van der Waals surface area contributed by atoms with Crippen LogP contribution >= 0.6 is 8.60 Å². The molecule has 0 bridgehead atoms. The molecule has 0 spiro atoms. The third-order valence-electron chi connectivity index (χ3n) is 24.7. The van der Waals surface area contributed by atoms with Gasteiger partial charge in [-0.1, -0.05) is 102 Å². The molecule has 0 N–H and O–H groups in total. The molecule has 4 heteroatoms. The van der Waals surface area contributed by atoms with E-state index in [-0.39, 0.29) is 16.2 Å². The summed E-state index contributed by atoms with van der Waals surface area (Å²) in [6.07, 6.45) is 34.1. The van der Waals surface area contributed by atoms with E-state index in [1.54, 1.807) is 0 Å². The molecule has 0 saturated heterocycles. The van der Waals surface area contributed by atoms with Crippen LogP contribution in [0.5, 0.6) is 0 Å². The summed E-state index contributed by atoms with van der Waals surface area (Å²) in [4.78, 5) is 0. The van der Waals surface area contributed by atoms with Crippen LogP contribution < -0.4 is 0 Å². The van der Waals surface area contributed by atoms with Crippen molar-refractivity contribution in [2.24, 2.45) is 121 Å². The average Bonchev–Trinajstić information content (AvgIpc) is 3.25. The summed E-state index contributed by atoms with van der Waals surface area (Å²) >= 11 is 0. The zero-order chi connectivity index (χ0) is 45.5. The van der Waals surface area contributed by atoms with Gasteiger partial charge in [0.05, 0.1) is 19.8 Å². The second-order valence-electron chi connectivity index (χ2n) is 29.0. The first-order valence-electron chi connectivity index (χ1n) is 29.0. The monoisotopic (exact) mass is 905 g/mol. The topological polar surface area (TPSA) is 27.7 Å². The predicted molar refractivity (Wildman–Crippen MR) is 271 cm³/mol. The lowest BCUT2D eigenvalue weighted by Crippen LogP contribution is -2.55. The van der Waals surface area contributed by atoms with Crippen LogP contribution in [0, 0.1) is 121 Å². The Morgan fingerprint density at radius 3 is 0.922 bits per heavy atom. The first kappa shape index (κ1) is 49.3. The maximum Gasteiger partial charge on any atom is 0.332 e. The van der Waals surface area contributed by atoms with E-state index >= 15 is 0 Å². The smallest absolute Gasteiger partial charge is 0.312 e. The SMILES string of the molecule is CC(C)C1CC[C@@H]2C(CCC3[C@@](C)(COP(OC[C@@]4(C)CCC[C@@]5(C)C4CCC4CC(C(C)C)CC[C@H]45)OC[C@@]4(C)CCC[C@@]5(C)C4CCC4CC(C(C)C)CC[C@H]45)CCC[C@@]32C)C1. The normalized spacial score (nSPS) is 51.0. The number of rotatable bonds is 12. The summed E-state index contributed by atoms with van der Waals surface area (Å²) in [5.41, 5.74) is 1.94. The van der Waals surface area contributed by atoms with Gasteiger partial charge < -0.3 is 13.6 Å². The molecule has 64 heavy (non-hydrogen) atoms. The van der Waals surface area contributed by atoms with Crippen molar-refractivity contribution in [3.05, 3.63) is 0 Å². The third kappa shape index (κ3) is 8.89. The highest BCUT2D eigenvalue weighted by molar-refractivity contribution is 7.41. The van der Waals surface area contributed by atoms with Crippen molar-refractivity contribution in [1.82, 2.24) is 0 Å². The van der Waals surface area contributed by atoms with E-state index in [1.165, 1.54) is 154 Å². The molecule has 0 aromatic carbocycles. The van der Waals surface area contributed by atoms with Gasteiger partial charge in [-0.25, -0.2) is 0 Å². The zero-order valence-corrected chi connectivity index (χ0v) is 45.3. The number of fused-ring (bicyclic) bond motifs is 9. The van der Waals surface area contributed by atoms with E-state index in [0.717, 1.165) is 109 Å². The minimum absolute atomic E-state index is 0.196. The molecule has 0 heterocycles. The highest BCUT2D eigenvalue weighted by Gasteiger charge is 2.61. The largest absolute Gasteiger partial charge is 0.332 e. The quantitative estimate of drug-likeness (QED) is 0.183. The van der Waals surface area contributed by atoms with E-state index in [4.69, 9.17) is 13.6 Å². The Morgan fingerprint density at radius 2 is 0.656 bits per heavy atom. The molecule has 0 aliphatic heterocycles. The lowest BCUT2D eigenvalue weighted by molar-refractivity contribution is -0.144. The maximum atomic E-state index is 7.42. The van der Waals surface area contributed by atoms with E-state index in [0.29, 0.717) is 16.2 Å². The Morgan fingerprint density at radius 1 is 0.375 bits per heavy atom. The Balaban J connectivity index is 0.927. The van der Waals surface area contributed by atoms with Gasteiger partial charge in [0, 0.05) is 0 Å². The van der Waals surface area contributed by atoms with Crippen molar-refractivity contribution in [2.45, 2.75) is 237 Å². The van der Waals surface area contributed by atoms with Gasteiger partial charge in [-0.15, -0.1) is 0 Å². The molecule has 3 nitrogen and oxygen atoms in total. The standard InChI is InChI=1S/C60H105O3P/c1-40(2)43-16-22-49-46(34-43)19-25-52-55(7,28-13-31-58(49,52)10)37-61-64(62-38-56(8)29-14-32-59(11)50-23-17-44(41(3)4)35-47(50)20-26-53(56)59)63-39-57(9)30-15-33-60(12)51-24-18-45(42(5)6)36-48(51)21-27-54(57)60/h40-54H,13-39H2,1-12H3/t43?,44?,45?,46?,47?,48?,49-,50-,51-,52?,53?,54?,55-,56-,57-,58-,59-,60-,64?/m1/s1. The Bertz CT molecular complexity index is 1400. The summed E-state index contributed by atoms with van der Waals surface area (Å²) in [5.74, 6) is 13.1. The molecule has 9 aliphatic carbocycles. The van der Waals surface area contributed by atoms with Crippen LogP contribution in [0.25, 0.3) is 0 Å². The van der Waals surface area contributed by atoms with Gasteiger partial charge in [0.15, 0.2) is 0 Å². The van der Waals surface area contributed by atoms with E-state index in [9.17, 15) is 0 Å². The molecule has 9 aliphatic rings. The van der Waals surface area contributed by atoms with Gasteiger partial charge in [0.25, 0.3) is 0 Å². The first-order valence-corrected chi connectivity index (χ1v) is 30.1. The van der Waals surface area contributed by atoms with Crippen molar-refractivity contribution >= 4 is 8.60 Å². The van der Waals surface area contributed by atoms with Gasteiger partial charge in [0.1, 0.15) is 0 Å². The zero-order valence-electron chi connectivity index (χ0n) is 44.4. The van der Waals surface area contributed by atoms with Crippen molar-refractivity contribution in [3.63, 3.8) is 0 Å². The minimum Gasteiger partial charge on any atom is -0.312 e. The fraction of sp³-hybridized carbons (Fsp3) is 1.00. The minimum atomic E-state index is -1.44. The van der Waals surface area contributed by atoms with Gasteiger partial charge in [-0.05, 0) is 256 Å². The van der Waals surface area contributed by atoms with Crippen LogP contribution in [0.1, 0.15) is 237 Å². The Hall–Kier alpha value is 0.310. The highest BCUT2D eigenvalue weighted by Crippen LogP contribution is 2.69. The molecule has 9 rings (SSSR count). The van der Waals surface area contributed by atoms with Crippen LogP contribution in [0.2, 0.25) is 0 Å². The molecule has 0 aromatic rings. The Kier molecular flexibility index (Phi) is 14.5. The first-order chi connectivity index (χ1) is 30.3. The molecule has 9 saturated carbocycles. The molecule has 9 fully saturated rings. The molecular formula is C60H105O3P. The predicted octanol–water partition coefficient (Wildman–Crippen LogP) is 18.1. The van der Waals surface area contributed by atoms with Crippen LogP contribution in [-0.4, -0.2) is 19.8 Å². The van der Waals surface area contributed by atoms with Gasteiger partial charge in [-0.2, -0.15) is 0 Å². The van der Waals surface area contributed by atoms with E-state index in [1.807, 2.05) is 0 Å². The van der Waals surface area contributed by atoms with E-state index < -0.39 is 8.60 Å². The molecule has 368 valence electrons. The van der Waals surface area contributed by atoms with Crippen molar-refractivity contribution in [2.75, 3.05) is 19.8 Å². The summed E-state index contributed by atoms with van der Waals surface area (Å²) in [6, 6.07) is 0. The van der Waals surface area contributed by atoms with Crippen LogP contribution in [0.15, 0.2) is 0 Å². The lowest BCUT2D eigenvalue weighted by Gasteiger charge is -2.62. The lowest BCUT2D eigenvalue weighted by atomic mass is 9.44. The summed E-state index contributed by atoms with van der Waals surface area (Å²) in [5, 5.41) is 0. The molecule has 0 amide bonds. The molecule has 0 aromatic heterocycles. The third-order valence-corrected chi connectivity index (χ3v) is 25.7. The summed E-state index contributed by atoms with van der Waals surface area (Å²) in [6.45, 7) is 33.6. The summed E-state index contributed by atoms with van der Waals surface area (Å²) < 4.78 is 22.3. The van der Waals surface area contributed by atoms with Gasteiger partial charge in [0.2, 0.25) is 0 Å². The second kappa shape index (κ2) is 18.8. The second-order valence-corrected chi connectivity index (χ2v) is 30.2. The van der Waals surface area contributed by atoms with E-state index in [2.05, 4.69) is 83.1 Å². The van der Waals surface area contributed by atoms with Crippen LogP contribution in [0.3, 0.4) is 0 Å². The molecule has 0 radical (unpaired) electrons. The fourth-order valence-electron chi connectivity index (χ4n) is 21.1. The Labute approximate surface area is 398 Å². The maximum absolute atomic E-state index is 7.42. The van der Waals surface area contributed by atoms with Crippen LogP contribution in [0.4, 0.5) is 0 Å². The number of hydrogen-bond donors (Lipinski definition) is 0. The van der Waals surface area contributed by atoms with Gasteiger partial charge >= 0.3 is 8.60 Å². The molecular weight excluding hydrogens is 800 g/mol. The average molecular weight is 905 g/mol. The highest BCUT2D eigenvalue weighted by atomic mass is 31.2. The van der Waals surface area contributed by atoms with Gasteiger partial charge in [-0.3, -0.25) is 0 Å². The summed E-state index contributed by atoms with van der Waals surface area (Å²) in [7, 11) is -1.44. The van der Waals surface area contributed by atoms with Crippen molar-refractivity contribution in [1.29, 1.82) is 0 Å².